The van der Waals surface area contributed by atoms with Crippen LogP contribution in [0.4, 0.5) is 0 Å². The van der Waals surface area contributed by atoms with Crippen LogP contribution in [0.3, 0.4) is 0 Å². The second kappa shape index (κ2) is 8.55. The molecular formula is C21H23N3O3S. The van der Waals surface area contributed by atoms with Gasteiger partial charge < -0.3 is 4.90 Å². The summed E-state index contributed by atoms with van der Waals surface area (Å²) >= 11 is 0. The van der Waals surface area contributed by atoms with Crippen LogP contribution in [0.15, 0.2) is 53.4 Å². The molecule has 3 rings (SSSR count). The number of aryl methyl sites for hydroxylation is 1. The zero-order valence-electron chi connectivity index (χ0n) is 15.8. The highest BCUT2D eigenvalue weighted by atomic mass is 32.2. The van der Waals surface area contributed by atoms with E-state index in [9.17, 15) is 13.2 Å². The van der Waals surface area contributed by atoms with Crippen LogP contribution in [0, 0.1) is 18.3 Å². The molecule has 146 valence electrons. The number of carbonyl (C=O) groups is 1. The van der Waals surface area contributed by atoms with Crippen molar-refractivity contribution in [1.82, 2.24) is 9.62 Å². The highest BCUT2D eigenvalue weighted by Gasteiger charge is 2.33. The third-order valence-electron chi connectivity index (χ3n) is 4.62. The summed E-state index contributed by atoms with van der Waals surface area (Å²) < 4.78 is 26.8. The number of amides is 1. The molecule has 7 heteroatoms. The van der Waals surface area contributed by atoms with Gasteiger partial charge in [0.2, 0.25) is 10.0 Å². The van der Waals surface area contributed by atoms with Crippen molar-refractivity contribution < 1.29 is 13.2 Å². The Bertz CT molecular complexity index is 990. The van der Waals surface area contributed by atoms with Gasteiger partial charge in [-0.2, -0.15) is 5.26 Å². The highest BCUT2D eigenvalue weighted by molar-refractivity contribution is 7.89. The summed E-state index contributed by atoms with van der Waals surface area (Å²) in [6, 6.07) is 16.2. The van der Waals surface area contributed by atoms with Crippen molar-refractivity contribution in [2.24, 2.45) is 0 Å². The van der Waals surface area contributed by atoms with E-state index in [0.29, 0.717) is 12.1 Å². The molecule has 0 radical (unpaired) electrons. The molecule has 0 bridgehead atoms. The average molecular weight is 398 g/mol. The molecule has 2 aromatic rings. The van der Waals surface area contributed by atoms with E-state index in [4.69, 9.17) is 5.26 Å². The van der Waals surface area contributed by atoms with E-state index in [1.165, 1.54) is 12.1 Å². The molecule has 0 spiro atoms. The first kappa shape index (κ1) is 20.1. The second-order valence-electron chi connectivity index (χ2n) is 6.98. The maximum Gasteiger partial charge on any atom is 0.254 e. The summed E-state index contributed by atoms with van der Waals surface area (Å²) in [5.74, 6) is -0.0922. The van der Waals surface area contributed by atoms with Gasteiger partial charge in [0, 0.05) is 31.1 Å². The summed E-state index contributed by atoms with van der Waals surface area (Å²) in [7, 11) is -3.68. The fraction of sp³-hybridized carbons (Fsp3) is 0.333. The van der Waals surface area contributed by atoms with Crippen LogP contribution >= 0.6 is 0 Å². The largest absolute Gasteiger partial charge is 0.331 e. The summed E-state index contributed by atoms with van der Waals surface area (Å²) in [4.78, 5) is 15.0. The lowest BCUT2D eigenvalue weighted by Gasteiger charge is -2.23. The van der Waals surface area contributed by atoms with Crippen LogP contribution in [-0.2, 0) is 16.6 Å². The molecule has 1 aliphatic carbocycles. The summed E-state index contributed by atoms with van der Waals surface area (Å²) in [6.45, 7) is 2.63. The minimum Gasteiger partial charge on any atom is -0.331 e. The average Bonchev–Trinajstić information content (AvgIpc) is 3.51. The van der Waals surface area contributed by atoms with Crippen LogP contribution in [0.2, 0.25) is 0 Å². The molecule has 0 heterocycles. The van der Waals surface area contributed by atoms with Crippen LogP contribution < -0.4 is 4.72 Å². The third-order valence-corrected chi connectivity index (χ3v) is 6.10. The van der Waals surface area contributed by atoms with Gasteiger partial charge in [-0.3, -0.25) is 4.79 Å². The first-order valence-corrected chi connectivity index (χ1v) is 10.7. The van der Waals surface area contributed by atoms with Crippen molar-refractivity contribution in [3.8, 4) is 6.07 Å². The molecular weight excluding hydrogens is 374 g/mol. The van der Waals surface area contributed by atoms with Gasteiger partial charge in [0.15, 0.2) is 0 Å². The fourth-order valence-corrected chi connectivity index (χ4v) is 4.06. The Kier molecular flexibility index (Phi) is 6.12. The monoisotopic (exact) mass is 397 g/mol. The van der Waals surface area contributed by atoms with E-state index in [1.807, 2.05) is 36.1 Å². The Morgan fingerprint density at radius 2 is 1.93 bits per heavy atom. The van der Waals surface area contributed by atoms with Gasteiger partial charge in [-0.05, 0) is 49.6 Å². The predicted molar refractivity (Wildman–Crippen MR) is 106 cm³/mol. The van der Waals surface area contributed by atoms with Crippen molar-refractivity contribution in [2.75, 3.05) is 6.54 Å². The number of rotatable bonds is 8. The Hall–Kier alpha value is -2.69. The maximum absolute atomic E-state index is 13.0. The zero-order chi connectivity index (χ0) is 20.1. The fourth-order valence-electron chi connectivity index (χ4n) is 3.03. The summed E-state index contributed by atoms with van der Waals surface area (Å²) in [5.41, 5.74) is 2.70. The number of hydrogen-bond donors (Lipinski definition) is 1. The molecule has 0 unspecified atom stereocenters. The van der Waals surface area contributed by atoms with E-state index in [0.717, 1.165) is 24.0 Å². The number of nitriles is 1. The molecule has 2 aromatic carbocycles. The molecule has 0 atom stereocenters. The van der Waals surface area contributed by atoms with Crippen LogP contribution in [0.25, 0.3) is 0 Å². The topological polar surface area (TPSA) is 90.3 Å². The van der Waals surface area contributed by atoms with Gasteiger partial charge in [0.05, 0.1) is 11.0 Å². The molecule has 0 aromatic heterocycles. The van der Waals surface area contributed by atoms with Gasteiger partial charge in [0.25, 0.3) is 5.91 Å². The predicted octanol–water partition coefficient (Wildman–Crippen LogP) is 2.99. The molecule has 28 heavy (non-hydrogen) atoms. The van der Waals surface area contributed by atoms with Crippen LogP contribution in [0.1, 0.15) is 40.7 Å². The minimum atomic E-state index is -3.68. The normalized spacial score (nSPS) is 13.7. The number of nitrogens with zero attached hydrogens (tertiary/aromatic N) is 2. The quantitative estimate of drug-likeness (QED) is 0.694. The Balaban J connectivity index is 1.74. The Morgan fingerprint density at radius 3 is 2.54 bits per heavy atom. The molecule has 1 saturated carbocycles. The van der Waals surface area contributed by atoms with E-state index in [-0.39, 0.29) is 29.8 Å². The molecule has 6 nitrogen and oxygen atoms in total. The Morgan fingerprint density at radius 1 is 1.21 bits per heavy atom. The summed E-state index contributed by atoms with van der Waals surface area (Å²) in [6.07, 6.45) is 2.09. The first-order valence-electron chi connectivity index (χ1n) is 9.24. The zero-order valence-corrected chi connectivity index (χ0v) is 16.6. The van der Waals surface area contributed by atoms with Gasteiger partial charge >= 0.3 is 0 Å². The van der Waals surface area contributed by atoms with Gasteiger partial charge in [0.1, 0.15) is 0 Å². The van der Waals surface area contributed by atoms with Crippen molar-refractivity contribution in [3.05, 3.63) is 65.2 Å². The van der Waals surface area contributed by atoms with Crippen LogP contribution in [0.5, 0.6) is 0 Å². The lowest BCUT2D eigenvalue weighted by molar-refractivity contribution is 0.0730. The van der Waals surface area contributed by atoms with Crippen molar-refractivity contribution in [3.63, 3.8) is 0 Å². The van der Waals surface area contributed by atoms with Gasteiger partial charge in [-0.25, -0.2) is 13.1 Å². The smallest absolute Gasteiger partial charge is 0.254 e. The first-order chi connectivity index (χ1) is 13.4. The SMILES string of the molecule is Cc1cccc(CN(C(=O)c2ccc(S(=O)(=O)NCCC#N)cc2)C2CC2)c1. The second-order valence-corrected chi connectivity index (χ2v) is 8.75. The van der Waals surface area contributed by atoms with Crippen molar-refractivity contribution >= 4 is 15.9 Å². The van der Waals surface area contributed by atoms with Crippen molar-refractivity contribution in [2.45, 2.75) is 43.7 Å². The molecule has 0 saturated heterocycles. The molecule has 1 N–H and O–H groups in total. The lowest BCUT2D eigenvalue weighted by atomic mass is 10.1. The van der Waals surface area contributed by atoms with E-state index < -0.39 is 10.0 Å². The molecule has 1 fully saturated rings. The number of sulfonamides is 1. The number of benzene rings is 2. The minimum absolute atomic E-state index is 0.0610. The summed E-state index contributed by atoms with van der Waals surface area (Å²) in [5, 5.41) is 8.53. The van der Waals surface area contributed by atoms with Crippen molar-refractivity contribution in [1.29, 1.82) is 5.26 Å². The standard InChI is InChI=1S/C21H23N3O3S/c1-16-4-2-5-17(14-16)15-24(19-8-9-19)21(25)18-6-10-20(11-7-18)28(26,27)23-13-3-12-22/h2,4-7,10-11,14,19,23H,3,8-9,13,15H2,1H3. The van der Waals surface area contributed by atoms with Gasteiger partial charge in [-0.1, -0.05) is 29.8 Å². The number of nitrogens with one attached hydrogen (secondary N) is 1. The maximum atomic E-state index is 13.0. The Labute approximate surface area is 165 Å². The lowest BCUT2D eigenvalue weighted by Crippen LogP contribution is -2.32. The number of hydrogen-bond acceptors (Lipinski definition) is 4. The third kappa shape index (κ3) is 4.97. The molecule has 1 aliphatic rings. The van der Waals surface area contributed by atoms with E-state index in [1.54, 1.807) is 12.1 Å². The molecule has 0 aliphatic heterocycles. The van der Waals surface area contributed by atoms with Gasteiger partial charge in [-0.15, -0.1) is 0 Å². The number of carbonyl (C=O) groups excluding carboxylic acids is 1. The molecule has 1 amide bonds. The highest BCUT2D eigenvalue weighted by Crippen LogP contribution is 2.30. The van der Waals surface area contributed by atoms with E-state index in [2.05, 4.69) is 10.8 Å². The van der Waals surface area contributed by atoms with E-state index >= 15 is 0 Å². The van der Waals surface area contributed by atoms with Crippen LogP contribution in [-0.4, -0.2) is 31.8 Å².